The Hall–Kier alpha value is -0.820. The van der Waals surface area contributed by atoms with E-state index in [-0.39, 0.29) is 0 Å². The van der Waals surface area contributed by atoms with Crippen molar-refractivity contribution in [3.63, 3.8) is 0 Å². The lowest BCUT2D eigenvalue weighted by atomic mass is 9.97. The van der Waals surface area contributed by atoms with Crippen molar-refractivity contribution in [1.82, 2.24) is 4.90 Å². The van der Waals surface area contributed by atoms with Crippen molar-refractivity contribution < 1.29 is 0 Å². The molecule has 1 fully saturated rings. The van der Waals surface area contributed by atoms with E-state index in [0.29, 0.717) is 5.92 Å². The van der Waals surface area contributed by atoms with Crippen LogP contribution in [-0.4, -0.2) is 18.0 Å². The van der Waals surface area contributed by atoms with E-state index in [0.717, 1.165) is 12.5 Å². The Morgan fingerprint density at radius 3 is 2.37 bits per heavy atom. The quantitative estimate of drug-likeness (QED) is 0.734. The minimum Gasteiger partial charge on any atom is -0.299 e. The maximum absolute atomic E-state index is 2.60. The normalized spacial score (nSPS) is 17.2. The molecule has 0 unspecified atom stereocenters. The standard InChI is InChI=1S/C16H25N.C2H6/c1-13(2)16-6-4-5-15(11-16)12-17-9-7-14(3)8-10-17;1-2/h4-6,11,13-14H,7-10,12H2,1-3H3;1-2H3. The SMILES string of the molecule is CC.CC1CCN(Cc2cccc(C(C)C)c2)CC1. The van der Waals surface area contributed by atoms with E-state index in [1.807, 2.05) is 13.8 Å². The lowest BCUT2D eigenvalue weighted by molar-refractivity contribution is 0.185. The predicted molar refractivity (Wildman–Crippen MR) is 85.6 cm³/mol. The molecule has 19 heavy (non-hydrogen) atoms. The zero-order chi connectivity index (χ0) is 14.3. The summed E-state index contributed by atoms with van der Waals surface area (Å²) >= 11 is 0. The van der Waals surface area contributed by atoms with Crippen molar-refractivity contribution >= 4 is 0 Å². The highest BCUT2D eigenvalue weighted by Crippen LogP contribution is 2.20. The third-order valence-corrected chi connectivity index (χ3v) is 3.90. The number of piperidine rings is 1. The van der Waals surface area contributed by atoms with Crippen LogP contribution in [0.5, 0.6) is 0 Å². The fourth-order valence-corrected chi connectivity index (χ4v) is 2.53. The third-order valence-electron chi connectivity index (χ3n) is 3.90. The second-order valence-electron chi connectivity index (χ2n) is 5.86. The summed E-state index contributed by atoms with van der Waals surface area (Å²) in [7, 11) is 0. The highest BCUT2D eigenvalue weighted by molar-refractivity contribution is 5.25. The van der Waals surface area contributed by atoms with Gasteiger partial charge in [0.2, 0.25) is 0 Å². The largest absolute Gasteiger partial charge is 0.299 e. The van der Waals surface area contributed by atoms with Gasteiger partial charge in [-0.05, 0) is 48.9 Å². The van der Waals surface area contributed by atoms with Crippen LogP contribution in [-0.2, 0) is 6.54 Å². The Balaban J connectivity index is 0.000000861. The van der Waals surface area contributed by atoms with Crippen LogP contribution in [0, 0.1) is 5.92 Å². The van der Waals surface area contributed by atoms with E-state index in [9.17, 15) is 0 Å². The minimum absolute atomic E-state index is 0.635. The molecule has 0 saturated carbocycles. The number of hydrogen-bond acceptors (Lipinski definition) is 1. The van der Waals surface area contributed by atoms with Gasteiger partial charge in [0.1, 0.15) is 0 Å². The molecule has 108 valence electrons. The molecule has 0 radical (unpaired) electrons. The minimum atomic E-state index is 0.635. The van der Waals surface area contributed by atoms with Crippen LogP contribution in [0.1, 0.15) is 64.5 Å². The highest BCUT2D eigenvalue weighted by Gasteiger charge is 2.15. The second kappa shape index (κ2) is 8.37. The first kappa shape index (κ1) is 16.2. The van der Waals surface area contributed by atoms with E-state index in [1.165, 1.54) is 37.1 Å². The van der Waals surface area contributed by atoms with Gasteiger partial charge in [0.15, 0.2) is 0 Å². The number of rotatable bonds is 3. The van der Waals surface area contributed by atoms with Crippen molar-refractivity contribution in [2.45, 2.75) is 59.9 Å². The second-order valence-corrected chi connectivity index (χ2v) is 5.86. The molecule has 1 heterocycles. The predicted octanol–water partition coefficient (Wildman–Crippen LogP) is 5.07. The van der Waals surface area contributed by atoms with Gasteiger partial charge in [-0.3, -0.25) is 4.90 Å². The van der Waals surface area contributed by atoms with Gasteiger partial charge in [-0.15, -0.1) is 0 Å². The summed E-state index contributed by atoms with van der Waals surface area (Å²) in [6.45, 7) is 14.6. The fourth-order valence-electron chi connectivity index (χ4n) is 2.53. The smallest absolute Gasteiger partial charge is 0.0233 e. The first-order chi connectivity index (χ1) is 9.15. The summed E-state index contributed by atoms with van der Waals surface area (Å²) in [4.78, 5) is 2.60. The van der Waals surface area contributed by atoms with Crippen LogP contribution in [0.15, 0.2) is 24.3 Å². The van der Waals surface area contributed by atoms with E-state index in [4.69, 9.17) is 0 Å². The first-order valence-corrected chi connectivity index (χ1v) is 7.96. The van der Waals surface area contributed by atoms with Crippen LogP contribution in [0.2, 0.25) is 0 Å². The van der Waals surface area contributed by atoms with Crippen LogP contribution in [0.4, 0.5) is 0 Å². The molecule has 0 amide bonds. The number of likely N-dealkylation sites (tertiary alicyclic amines) is 1. The van der Waals surface area contributed by atoms with Crippen molar-refractivity contribution in [2.24, 2.45) is 5.92 Å². The monoisotopic (exact) mass is 261 g/mol. The van der Waals surface area contributed by atoms with E-state index in [1.54, 1.807) is 0 Å². The van der Waals surface area contributed by atoms with Gasteiger partial charge in [0.05, 0.1) is 0 Å². The van der Waals surface area contributed by atoms with Crippen molar-refractivity contribution in [2.75, 3.05) is 13.1 Å². The average Bonchev–Trinajstić information content (AvgIpc) is 2.44. The average molecular weight is 261 g/mol. The lowest BCUT2D eigenvalue weighted by Gasteiger charge is -2.30. The summed E-state index contributed by atoms with van der Waals surface area (Å²) in [6.07, 6.45) is 2.73. The zero-order valence-electron chi connectivity index (χ0n) is 13.4. The molecule has 1 aliphatic heterocycles. The molecule has 0 aromatic heterocycles. The molecule has 1 saturated heterocycles. The van der Waals surface area contributed by atoms with Gasteiger partial charge in [-0.25, -0.2) is 0 Å². The molecule has 2 rings (SSSR count). The van der Waals surface area contributed by atoms with Crippen LogP contribution < -0.4 is 0 Å². The third kappa shape index (κ3) is 5.36. The van der Waals surface area contributed by atoms with Gasteiger partial charge < -0.3 is 0 Å². The molecule has 1 aromatic rings. The van der Waals surface area contributed by atoms with E-state index < -0.39 is 0 Å². The number of nitrogens with zero attached hydrogens (tertiary/aromatic N) is 1. The number of benzene rings is 1. The van der Waals surface area contributed by atoms with Gasteiger partial charge in [0, 0.05) is 6.54 Å². The van der Waals surface area contributed by atoms with Crippen molar-refractivity contribution in [3.05, 3.63) is 35.4 Å². The maximum atomic E-state index is 2.60. The van der Waals surface area contributed by atoms with Crippen LogP contribution >= 0.6 is 0 Å². The molecule has 0 spiro atoms. The molecular weight excluding hydrogens is 230 g/mol. The van der Waals surface area contributed by atoms with Gasteiger partial charge in [0.25, 0.3) is 0 Å². The van der Waals surface area contributed by atoms with E-state index >= 15 is 0 Å². The Kier molecular flexibility index (Phi) is 7.15. The first-order valence-electron chi connectivity index (χ1n) is 7.96. The Morgan fingerprint density at radius 1 is 1.16 bits per heavy atom. The van der Waals surface area contributed by atoms with Gasteiger partial charge in [-0.2, -0.15) is 0 Å². The molecule has 0 N–H and O–H groups in total. The molecular formula is C18H31N. The Bertz CT molecular complexity index is 348. The molecule has 1 aromatic carbocycles. The molecule has 0 bridgehead atoms. The summed E-state index contributed by atoms with van der Waals surface area (Å²) < 4.78 is 0. The summed E-state index contributed by atoms with van der Waals surface area (Å²) in [5.41, 5.74) is 2.94. The Labute approximate surface area is 120 Å². The van der Waals surface area contributed by atoms with E-state index in [2.05, 4.69) is 49.9 Å². The molecule has 1 heteroatoms. The van der Waals surface area contributed by atoms with Crippen molar-refractivity contribution in [1.29, 1.82) is 0 Å². The van der Waals surface area contributed by atoms with Crippen LogP contribution in [0.25, 0.3) is 0 Å². The van der Waals surface area contributed by atoms with Gasteiger partial charge in [-0.1, -0.05) is 58.9 Å². The number of hydrogen-bond donors (Lipinski definition) is 0. The lowest BCUT2D eigenvalue weighted by Crippen LogP contribution is -2.32. The van der Waals surface area contributed by atoms with Crippen LogP contribution in [0.3, 0.4) is 0 Å². The summed E-state index contributed by atoms with van der Waals surface area (Å²) in [5.74, 6) is 1.56. The fraction of sp³-hybridized carbons (Fsp3) is 0.667. The highest BCUT2D eigenvalue weighted by atomic mass is 15.1. The summed E-state index contributed by atoms with van der Waals surface area (Å²) in [5, 5.41) is 0. The molecule has 0 atom stereocenters. The maximum Gasteiger partial charge on any atom is 0.0233 e. The molecule has 1 aliphatic rings. The molecule has 0 aliphatic carbocycles. The topological polar surface area (TPSA) is 3.24 Å². The van der Waals surface area contributed by atoms with Crippen molar-refractivity contribution in [3.8, 4) is 0 Å². The Morgan fingerprint density at radius 2 is 1.79 bits per heavy atom. The molecule has 1 nitrogen and oxygen atoms in total. The van der Waals surface area contributed by atoms with Gasteiger partial charge >= 0.3 is 0 Å². The zero-order valence-corrected chi connectivity index (χ0v) is 13.4. The summed E-state index contributed by atoms with van der Waals surface area (Å²) in [6, 6.07) is 9.09.